The minimum absolute atomic E-state index is 0.178. The second kappa shape index (κ2) is 4.96. The standard InChI is InChI=1S/C16H16N2O2/c1-12-9-14-10-15(18(19)20)7-8-16(14)17(12)11-13-5-3-2-4-6-13/h2-8,10,12H,9,11H2,1H3/t12-/m0/s1. The number of hydrogen-bond acceptors (Lipinski definition) is 3. The predicted octanol–water partition coefficient (Wildman–Crippen LogP) is 3.55. The van der Waals surface area contributed by atoms with E-state index in [0.29, 0.717) is 6.04 Å². The Morgan fingerprint density at radius 2 is 2.00 bits per heavy atom. The molecule has 2 aromatic rings. The molecule has 0 fully saturated rings. The highest BCUT2D eigenvalue weighted by atomic mass is 16.6. The van der Waals surface area contributed by atoms with Crippen LogP contribution in [0.2, 0.25) is 0 Å². The van der Waals surface area contributed by atoms with Gasteiger partial charge in [-0.15, -0.1) is 0 Å². The van der Waals surface area contributed by atoms with Crippen LogP contribution in [0.25, 0.3) is 0 Å². The second-order valence-electron chi connectivity index (χ2n) is 5.24. The van der Waals surface area contributed by atoms with Gasteiger partial charge < -0.3 is 4.90 Å². The third-order valence-corrected chi connectivity index (χ3v) is 3.83. The summed E-state index contributed by atoms with van der Waals surface area (Å²) < 4.78 is 0. The lowest BCUT2D eigenvalue weighted by Crippen LogP contribution is -2.28. The van der Waals surface area contributed by atoms with Crippen LogP contribution >= 0.6 is 0 Å². The molecule has 0 N–H and O–H groups in total. The normalized spacial score (nSPS) is 17.1. The molecular weight excluding hydrogens is 252 g/mol. The summed E-state index contributed by atoms with van der Waals surface area (Å²) in [6.07, 6.45) is 0.865. The summed E-state index contributed by atoms with van der Waals surface area (Å²) in [5.41, 5.74) is 3.62. The van der Waals surface area contributed by atoms with Gasteiger partial charge >= 0.3 is 0 Å². The first-order chi connectivity index (χ1) is 9.65. The van der Waals surface area contributed by atoms with Crippen LogP contribution in [0.15, 0.2) is 48.5 Å². The lowest BCUT2D eigenvalue weighted by molar-refractivity contribution is -0.384. The zero-order valence-electron chi connectivity index (χ0n) is 11.3. The summed E-state index contributed by atoms with van der Waals surface area (Å²) in [7, 11) is 0. The van der Waals surface area contributed by atoms with Crippen molar-refractivity contribution in [3.63, 3.8) is 0 Å². The van der Waals surface area contributed by atoms with Gasteiger partial charge in [0.15, 0.2) is 0 Å². The quantitative estimate of drug-likeness (QED) is 0.631. The molecule has 1 heterocycles. The maximum Gasteiger partial charge on any atom is 0.269 e. The lowest BCUT2D eigenvalue weighted by atomic mass is 10.1. The average molecular weight is 268 g/mol. The van der Waals surface area contributed by atoms with E-state index >= 15 is 0 Å². The van der Waals surface area contributed by atoms with E-state index in [1.165, 1.54) is 5.56 Å². The number of nitro groups is 1. The minimum Gasteiger partial charge on any atom is -0.364 e. The Morgan fingerprint density at radius 1 is 1.25 bits per heavy atom. The third kappa shape index (κ3) is 2.25. The van der Waals surface area contributed by atoms with Crippen molar-refractivity contribution in [2.75, 3.05) is 4.90 Å². The molecule has 2 aromatic carbocycles. The SMILES string of the molecule is C[C@H]1Cc2cc([N+](=O)[O-])ccc2N1Cc1ccccc1. The first kappa shape index (κ1) is 12.7. The van der Waals surface area contributed by atoms with E-state index < -0.39 is 0 Å². The Labute approximate surface area is 117 Å². The van der Waals surface area contributed by atoms with Crippen LogP contribution in [0.4, 0.5) is 11.4 Å². The zero-order chi connectivity index (χ0) is 14.1. The summed E-state index contributed by atoms with van der Waals surface area (Å²) in [6.45, 7) is 3.00. The highest BCUT2D eigenvalue weighted by Gasteiger charge is 2.27. The largest absolute Gasteiger partial charge is 0.364 e. The molecule has 0 spiro atoms. The highest BCUT2D eigenvalue weighted by molar-refractivity contribution is 5.62. The Kier molecular flexibility index (Phi) is 3.14. The van der Waals surface area contributed by atoms with Gasteiger partial charge in [-0.2, -0.15) is 0 Å². The van der Waals surface area contributed by atoms with Crippen molar-refractivity contribution in [1.29, 1.82) is 0 Å². The van der Waals surface area contributed by atoms with Gasteiger partial charge in [0.2, 0.25) is 0 Å². The third-order valence-electron chi connectivity index (χ3n) is 3.83. The van der Waals surface area contributed by atoms with Crippen molar-refractivity contribution in [2.24, 2.45) is 0 Å². The highest BCUT2D eigenvalue weighted by Crippen LogP contribution is 2.35. The summed E-state index contributed by atoms with van der Waals surface area (Å²) >= 11 is 0. The van der Waals surface area contributed by atoms with Gasteiger partial charge in [0, 0.05) is 30.4 Å². The van der Waals surface area contributed by atoms with Gasteiger partial charge in [0.05, 0.1) is 4.92 Å². The Bertz CT molecular complexity index is 640. The lowest BCUT2D eigenvalue weighted by Gasteiger charge is -2.25. The van der Waals surface area contributed by atoms with Crippen LogP contribution in [-0.2, 0) is 13.0 Å². The van der Waals surface area contributed by atoms with E-state index in [2.05, 4.69) is 24.0 Å². The van der Waals surface area contributed by atoms with Crippen LogP contribution in [-0.4, -0.2) is 11.0 Å². The van der Waals surface area contributed by atoms with Crippen molar-refractivity contribution in [3.8, 4) is 0 Å². The van der Waals surface area contributed by atoms with E-state index in [9.17, 15) is 10.1 Å². The molecule has 0 bridgehead atoms. The molecule has 1 aliphatic rings. The number of rotatable bonds is 3. The second-order valence-corrected chi connectivity index (χ2v) is 5.24. The van der Waals surface area contributed by atoms with Crippen molar-refractivity contribution < 1.29 is 4.92 Å². The van der Waals surface area contributed by atoms with Gasteiger partial charge in [-0.25, -0.2) is 0 Å². The Hall–Kier alpha value is -2.36. The average Bonchev–Trinajstić information content (AvgIpc) is 2.75. The number of nitro benzene ring substituents is 1. The predicted molar refractivity (Wildman–Crippen MR) is 78.9 cm³/mol. The Morgan fingerprint density at radius 3 is 2.70 bits per heavy atom. The number of fused-ring (bicyclic) bond motifs is 1. The molecule has 0 unspecified atom stereocenters. The smallest absolute Gasteiger partial charge is 0.269 e. The van der Waals surface area contributed by atoms with Crippen LogP contribution in [0.5, 0.6) is 0 Å². The minimum atomic E-state index is -0.329. The maximum absolute atomic E-state index is 10.8. The zero-order valence-corrected chi connectivity index (χ0v) is 11.3. The van der Waals surface area contributed by atoms with Crippen LogP contribution < -0.4 is 4.90 Å². The summed E-state index contributed by atoms with van der Waals surface area (Å²) in [4.78, 5) is 12.8. The van der Waals surface area contributed by atoms with E-state index in [4.69, 9.17) is 0 Å². The fourth-order valence-electron chi connectivity index (χ4n) is 2.82. The van der Waals surface area contributed by atoms with Gasteiger partial charge in [-0.3, -0.25) is 10.1 Å². The van der Waals surface area contributed by atoms with Crippen molar-refractivity contribution in [3.05, 3.63) is 69.8 Å². The van der Waals surface area contributed by atoms with E-state index in [1.54, 1.807) is 12.1 Å². The monoisotopic (exact) mass is 268 g/mol. The first-order valence-corrected chi connectivity index (χ1v) is 6.73. The molecule has 102 valence electrons. The maximum atomic E-state index is 10.8. The fourth-order valence-corrected chi connectivity index (χ4v) is 2.82. The molecule has 1 aliphatic heterocycles. The molecule has 1 atom stereocenters. The molecule has 4 heteroatoms. The number of hydrogen-bond donors (Lipinski definition) is 0. The number of anilines is 1. The van der Waals surface area contributed by atoms with Crippen LogP contribution in [0.3, 0.4) is 0 Å². The molecule has 20 heavy (non-hydrogen) atoms. The summed E-state index contributed by atoms with van der Waals surface area (Å²) in [5.74, 6) is 0. The molecule has 4 nitrogen and oxygen atoms in total. The van der Waals surface area contributed by atoms with Crippen molar-refractivity contribution in [1.82, 2.24) is 0 Å². The molecule has 0 saturated heterocycles. The topological polar surface area (TPSA) is 46.4 Å². The van der Waals surface area contributed by atoms with E-state index in [0.717, 1.165) is 24.2 Å². The molecule has 0 radical (unpaired) electrons. The van der Waals surface area contributed by atoms with Crippen LogP contribution in [0, 0.1) is 10.1 Å². The van der Waals surface area contributed by atoms with Crippen LogP contribution in [0.1, 0.15) is 18.1 Å². The van der Waals surface area contributed by atoms with Gasteiger partial charge in [0.1, 0.15) is 0 Å². The van der Waals surface area contributed by atoms with Crippen molar-refractivity contribution in [2.45, 2.75) is 25.9 Å². The first-order valence-electron chi connectivity index (χ1n) is 6.73. The number of nitrogens with zero attached hydrogens (tertiary/aromatic N) is 2. The number of benzene rings is 2. The molecule has 0 saturated carbocycles. The molecule has 0 amide bonds. The molecule has 0 aromatic heterocycles. The summed E-state index contributed by atoms with van der Waals surface area (Å²) in [5, 5.41) is 10.8. The van der Waals surface area contributed by atoms with Gasteiger partial charge in [0.25, 0.3) is 5.69 Å². The summed E-state index contributed by atoms with van der Waals surface area (Å²) in [6, 6.07) is 15.8. The molecule has 3 rings (SSSR count). The van der Waals surface area contributed by atoms with E-state index in [1.807, 2.05) is 24.3 Å². The fraction of sp³-hybridized carbons (Fsp3) is 0.250. The van der Waals surface area contributed by atoms with Crippen molar-refractivity contribution >= 4 is 11.4 Å². The Balaban J connectivity index is 1.90. The molecule has 0 aliphatic carbocycles. The van der Waals surface area contributed by atoms with E-state index in [-0.39, 0.29) is 10.6 Å². The molecular formula is C16H16N2O2. The van der Waals surface area contributed by atoms with Gasteiger partial charge in [-0.1, -0.05) is 30.3 Å². The number of non-ortho nitro benzene ring substituents is 1. The van der Waals surface area contributed by atoms with Gasteiger partial charge in [-0.05, 0) is 30.5 Å².